The van der Waals surface area contributed by atoms with E-state index in [0.717, 1.165) is 0 Å². The van der Waals surface area contributed by atoms with Crippen LogP contribution < -0.4 is 0 Å². The predicted octanol–water partition coefficient (Wildman–Crippen LogP) is 3.40. The molecule has 0 fully saturated rings. The molecule has 1 atom stereocenters. The topological polar surface area (TPSA) is 9.23 Å². The van der Waals surface area contributed by atoms with Crippen molar-refractivity contribution < 1.29 is 48.6 Å². The zero-order chi connectivity index (χ0) is 14.1. The molecule has 0 rings (SSSR count). The van der Waals surface area contributed by atoms with Crippen LogP contribution in [0.4, 0.5) is 43.9 Å². The molecule has 0 amide bonds. The van der Waals surface area contributed by atoms with Gasteiger partial charge in [0.05, 0.1) is 0 Å². The van der Waals surface area contributed by atoms with Gasteiger partial charge in [-0.05, 0) is 0 Å². The second-order valence-electron chi connectivity index (χ2n) is 2.82. The highest BCUT2D eigenvalue weighted by Gasteiger charge is 2.58. The minimum atomic E-state index is -6.02. The van der Waals surface area contributed by atoms with Crippen LogP contribution in [0.2, 0.25) is 0 Å². The van der Waals surface area contributed by atoms with Crippen LogP contribution in [0.15, 0.2) is 0 Å². The van der Waals surface area contributed by atoms with Gasteiger partial charge in [-0.1, -0.05) is 0 Å². The second kappa shape index (κ2) is 4.86. The standard InChI is InChI=1S/C6H4F10O/c7-2(5(12,13)14)4(10,11)1-17-6(15,16)3(8)9/h2-3H,1H2. The lowest BCUT2D eigenvalue weighted by molar-refractivity contribution is -0.333. The molecule has 0 saturated carbocycles. The van der Waals surface area contributed by atoms with Gasteiger partial charge < -0.3 is 4.74 Å². The third-order valence-electron chi connectivity index (χ3n) is 1.37. The van der Waals surface area contributed by atoms with Gasteiger partial charge in [0, 0.05) is 0 Å². The zero-order valence-corrected chi connectivity index (χ0v) is 7.55. The number of halogens is 10. The summed E-state index contributed by atoms with van der Waals surface area (Å²) in [5, 5.41) is 0. The monoisotopic (exact) mass is 282 g/mol. The summed E-state index contributed by atoms with van der Waals surface area (Å²) in [6.45, 7) is -2.83. The average molecular weight is 282 g/mol. The number of rotatable bonds is 5. The molecular formula is C6H4F10O. The van der Waals surface area contributed by atoms with E-state index in [-0.39, 0.29) is 0 Å². The minimum absolute atomic E-state index is 2.60. The Kier molecular flexibility index (Phi) is 4.65. The lowest BCUT2D eigenvalue weighted by atomic mass is 10.2. The quantitative estimate of drug-likeness (QED) is 0.702. The lowest BCUT2D eigenvalue weighted by Crippen LogP contribution is -2.47. The van der Waals surface area contributed by atoms with Crippen LogP contribution >= 0.6 is 0 Å². The van der Waals surface area contributed by atoms with Crippen molar-refractivity contribution in [3.05, 3.63) is 0 Å². The maximum Gasteiger partial charge on any atom is 0.425 e. The first-order valence-corrected chi connectivity index (χ1v) is 3.69. The summed E-state index contributed by atoms with van der Waals surface area (Å²) in [5.74, 6) is -5.39. The van der Waals surface area contributed by atoms with Crippen molar-refractivity contribution in [1.82, 2.24) is 0 Å². The minimum Gasteiger partial charge on any atom is -0.309 e. The van der Waals surface area contributed by atoms with Gasteiger partial charge in [-0.2, -0.15) is 22.0 Å². The first-order valence-electron chi connectivity index (χ1n) is 3.69. The molecule has 0 radical (unpaired) electrons. The van der Waals surface area contributed by atoms with Crippen LogP contribution in [0.25, 0.3) is 0 Å². The number of alkyl halides is 10. The van der Waals surface area contributed by atoms with E-state index >= 15 is 0 Å². The Labute approximate surface area is 87.3 Å². The highest BCUT2D eigenvalue weighted by Crippen LogP contribution is 2.36. The molecule has 1 nitrogen and oxygen atoms in total. The van der Waals surface area contributed by atoms with Crippen molar-refractivity contribution in [1.29, 1.82) is 0 Å². The maximum atomic E-state index is 12.3. The Morgan fingerprint density at radius 1 is 0.824 bits per heavy atom. The van der Waals surface area contributed by atoms with E-state index in [1.165, 1.54) is 0 Å². The molecule has 0 aromatic carbocycles. The van der Waals surface area contributed by atoms with Crippen molar-refractivity contribution in [2.24, 2.45) is 0 Å². The van der Waals surface area contributed by atoms with Crippen molar-refractivity contribution >= 4 is 0 Å². The number of hydrogen-bond acceptors (Lipinski definition) is 1. The first kappa shape index (κ1) is 16.3. The van der Waals surface area contributed by atoms with Crippen LogP contribution in [0.1, 0.15) is 0 Å². The number of hydrogen-bond donors (Lipinski definition) is 0. The van der Waals surface area contributed by atoms with Crippen molar-refractivity contribution in [3.8, 4) is 0 Å². The predicted molar refractivity (Wildman–Crippen MR) is 32.8 cm³/mol. The summed E-state index contributed by atoms with van der Waals surface area (Å²) in [7, 11) is 0. The van der Waals surface area contributed by atoms with Crippen LogP contribution in [0, 0.1) is 0 Å². The Morgan fingerprint density at radius 2 is 1.24 bits per heavy atom. The average Bonchev–Trinajstić information content (AvgIpc) is 2.12. The van der Waals surface area contributed by atoms with E-state index in [0.29, 0.717) is 0 Å². The van der Waals surface area contributed by atoms with Gasteiger partial charge in [-0.3, -0.25) is 0 Å². The van der Waals surface area contributed by atoms with Crippen LogP contribution in [-0.4, -0.2) is 37.4 Å². The molecule has 1 unspecified atom stereocenters. The molecule has 0 bridgehead atoms. The molecule has 0 spiro atoms. The molecule has 0 heterocycles. The lowest BCUT2D eigenvalue weighted by Gasteiger charge is -2.24. The van der Waals surface area contributed by atoms with E-state index in [1.54, 1.807) is 0 Å². The Balaban J connectivity index is 4.58. The fourth-order valence-electron chi connectivity index (χ4n) is 0.568. The molecule has 0 aromatic heterocycles. The van der Waals surface area contributed by atoms with Crippen LogP contribution in [0.3, 0.4) is 0 Å². The van der Waals surface area contributed by atoms with Gasteiger partial charge in [0.15, 0.2) is 0 Å². The fraction of sp³-hybridized carbons (Fsp3) is 1.00. The third kappa shape index (κ3) is 4.56. The molecule has 0 saturated heterocycles. The molecule has 17 heavy (non-hydrogen) atoms. The molecule has 0 aliphatic rings. The summed E-state index contributed by atoms with van der Waals surface area (Å²) in [6.07, 6.45) is -20.7. The highest BCUT2D eigenvalue weighted by molar-refractivity contribution is 4.83. The highest BCUT2D eigenvalue weighted by atomic mass is 19.4. The van der Waals surface area contributed by atoms with Gasteiger partial charge >= 0.3 is 24.6 Å². The molecule has 0 aromatic rings. The largest absolute Gasteiger partial charge is 0.425 e. The Morgan fingerprint density at radius 3 is 1.53 bits per heavy atom. The van der Waals surface area contributed by atoms with E-state index < -0.39 is 37.4 Å². The summed E-state index contributed by atoms with van der Waals surface area (Å²) >= 11 is 0. The summed E-state index contributed by atoms with van der Waals surface area (Å²) in [6, 6.07) is 0. The van der Waals surface area contributed by atoms with E-state index in [4.69, 9.17) is 0 Å². The van der Waals surface area contributed by atoms with Crippen LogP contribution in [0.5, 0.6) is 0 Å². The Bertz CT molecular complexity index is 246. The normalized spacial score (nSPS) is 16.4. The van der Waals surface area contributed by atoms with Crippen molar-refractivity contribution in [3.63, 3.8) is 0 Å². The smallest absolute Gasteiger partial charge is 0.309 e. The van der Waals surface area contributed by atoms with Gasteiger partial charge in [0.25, 0.3) is 6.17 Å². The van der Waals surface area contributed by atoms with Crippen molar-refractivity contribution in [2.75, 3.05) is 6.61 Å². The van der Waals surface area contributed by atoms with E-state index in [2.05, 4.69) is 4.74 Å². The molecule has 11 heteroatoms. The molecule has 104 valence electrons. The molecular weight excluding hydrogens is 278 g/mol. The fourth-order valence-corrected chi connectivity index (χ4v) is 0.568. The molecule has 0 aliphatic carbocycles. The SMILES string of the molecule is FC(C(F)(F)F)C(F)(F)COC(F)(F)C(F)F. The molecule has 0 aliphatic heterocycles. The van der Waals surface area contributed by atoms with Gasteiger partial charge in [-0.25, -0.2) is 22.0 Å². The second-order valence-corrected chi connectivity index (χ2v) is 2.82. The number of ether oxygens (including phenoxy) is 1. The first-order chi connectivity index (χ1) is 7.31. The zero-order valence-electron chi connectivity index (χ0n) is 7.55. The third-order valence-corrected chi connectivity index (χ3v) is 1.37. The summed E-state index contributed by atoms with van der Waals surface area (Å²) < 4.78 is 120. The summed E-state index contributed by atoms with van der Waals surface area (Å²) in [5.41, 5.74) is 0. The van der Waals surface area contributed by atoms with E-state index in [9.17, 15) is 43.9 Å². The molecule has 0 N–H and O–H groups in total. The van der Waals surface area contributed by atoms with Crippen molar-refractivity contribution in [2.45, 2.75) is 30.8 Å². The van der Waals surface area contributed by atoms with Crippen LogP contribution in [-0.2, 0) is 4.74 Å². The summed E-state index contributed by atoms with van der Waals surface area (Å²) in [4.78, 5) is 0. The Hall–Kier alpha value is -0.740. The van der Waals surface area contributed by atoms with Gasteiger partial charge in [0.2, 0.25) is 0 Å². The maximum absolute atomic E-state index is 12.3. The van der Waals surface area contributed by atoms with Gasteiger partial charge in [0.1, 0.15) is 6.61 Å². The van der Waals surface area contributed by atoms with Gasteiger partial charge in [-0.15, -0.1) is 0 Å². The van der Waals surface area contributed by atoms with E-state index in [1.807, 2.05) is 0 Å².